The number of halogens is 1. The SMILES string of the molecule is Clc1ccc(C2C=C(c3cccs3)N=N2)cc1. The first-order valence-corrected chi connectivity index (χ1v) is 6.51. The van der Waals surface area contributed by atoms with Gasteiger partial charge in [-0.3, -0.25) is 0 Å². The van der Waals surface area contributed by atoms with Crippen LogP contribution in [0.1, 0.15) is 16.5 Å². The Kier molecular flexibility index (Phi) is 2.79. The third-order valence-electron chi connectivity index (χ3n) is 2.59. The van der Waals surface area contributed by atoms with E-state index in [0.29, 0.717) is 0 Å². The second kappa shape index (κ2) is 4.43. The van der Waals surface area contributed by atoms with Gasteiger partial charge in [-0.25, -0.2) is 0 Å². The Balaban J connectivity index is 1.89. The van der Waals surface area contributed by atoms with Crippen LogP contribution in [0.3, 0.4) is 0 Å². The largest absolute Gasteiger partial charge is 0.176 e. The fraction of sp³-hybridized carbons (Fsp3) is 0.0769. The second-order valence-electron chi connectivity index (χ2n) is 3.74. The van der Waals surface area contributed by atoms with Gasteiger partial charge >= 0.3 is 0 Å². The summed E-state index contributed by atoms with van der Waals surface area (Å²) in [4.78, 5) is 1.16. The summed E-state index contributed by atoms with van der Waals surface area (Å²) in [6, 6.07) is 11.8. The lowest BCUT2D eigenvalue weighted by atomic mass is 10.1. The van der Waals surface area contributed by atoms with Crippen molar-refractivity contribution < 1.29 is 0 Å². The molecule has 0 saturated heterocycles. The van der Waals surface area contributed by atoms with E-state index in [4.69, 9.17) is 11.6 Å². The van der Waals surface area contributed by atoms with Gasteiger partial charge in [0.2, 0.25) is 0 Å². The first-order chi connectivity index (χ1) is 8.33. The normalized spacial score (nSPS) is 18.4. The number of azo groups is 1. The molecule has 1 atom stereocenters. The monoisotopic (exact) mass is 260 g/mol. The second-order valence-corrected chi connectivity index (χ2v) is 5.13. The zero-order valence-corrected chi connectivity index (χ0v) is 10.4. The van der Waals surface area contributed by atoms with E-state index < -0.39 is 0 Å². The summed E-state index contributed by atoms with van der Waals surface area (Å²) in [7, 11) is 0. The van der Waals surface area contributed by atoms with E-state index in [1.54, 1.807) is 11.3 Å². The molecule has 1 aromatic heterocycles. The fourth-order valence-electron chi connectivity index (χ4n) is 1.72. The molecule has 3 rings (SSSR count). The van der Waals surface area contributed by atoms with Crippen LogP contribution in [0.15, 0.2) is 58.1 Å². The Morgan fingerprint density at radius 2 is 1.94 bits per heavy atom. The number of hydrogen-bond acceptors (Lipinski definition) is 3. The Bertz CT molecular complexity index is 570. The van der Waals surface area contributed by atoms with Crippen molar-refractivity contribution in [2.24, 2.45) is 10.2 Å². The molecule has 0 spiro atoms. The van der Waals surface area contributed by atoms with Gasteiger partial charge in [-0.2, -0.15) is 10.2 Å². The van der Waals surface area contributed by atoms with Crippen LogP contribution in [-0.2, 0) is 0 Å². The van der Waals surface area contributed by atoms with Crippen molar-refractivity contribution in [2.75, 3.05) is 0 Å². The van der Waals surface area contributed by atoms with E-state index in [2.05, 4.69) is 22.4 Å². The molecular formula is C13H9ClN2S. The van der Waals surface area contributed by atoms with Crippen LogP contribution >= 0.6 is 22.9 Å². The molecule has 17 heavy (non-hydrogen) atoms. The summed E-state index contributed by atoms with van der Waals surface area (Å²) in [6.45, 7) is 0. The molecular weight excluding hydrogens is 252 g/mol. The van der Waals surface area contributed by atoms with Crippen molar-refractivity contribution in [3.8, 4) is 0 Å². The summed E-state index contributed by atoms with van der Waals surface area (Å²) in [5.41, 5.74) is 2.07. The maximum atomic E-state index is 5.86. The van der Waals surface area contributed by atoms with E-state index in [0.717, 1.165) is 21.2 Å². The number of thiophene rings is 1. The minimum atomic E-state index is 0.0179. The molecule has 1 aliphatic heterocycles. The summed E-state index contributed by atoms with van der Waals surface area (Å²) < 4.78 is 0. The molecule has 2 heterocycles. The summed E-state index contributed by atoms with van der Waals surface area (Å²) in [5.74, 6) is 0. The Morgan fingerprint density at radius 3 is 2.65 bits per heavy atom. The van der Waals surface area contributed by atoms with Gasteiger partial charge in [0.15, 0.2) is 0 Å². The van der Waals surface area contributed by atoms with Crippen molar-refractivity contribution in [2.45, 2.75) is 6.04 Å². The molecule has 1 aliphatic rings. The van der Waals surface area contributed by atoms with E-state index in [9.17, 15) is 0 Å². The van der Waals surface area contributed by atoms with Crippen molar-refractivity contribution in [1.29, 1.82) is 0 Å². The highest BCUT2D eigenvalue weighted by atomic mass is 35.5. The minimum absolute atomic E-state index is 0.0179. The Labute approximate surface area is 108 Å². The average molecular weight is 261 g/mol. The van der Waals surface area contributed by atoms with Gasteiger partial charge in [0.05, 0.1) is 4.88 Å². The molecule has 0 radical (unpaired) electrons. The molecule has 0 saturated carbocycles. The van der Waals surface area contributed by atoms with Gasteiger partial charge in [0.1, 0.15) is 11.7 Å². The number of nitrogens with zero attached hydrogens (tertiary/aromatic N) is 2. The van der Waals surface area contributed by atoms with Crippen LogP contribution in [0.5, 0.6) is 0 Å². The Hall–Kier alpha value is -1.45. The van der Waals surface area contributed by atoms with E-state index >= 15 is 0 Å². The van der Waals surface area contributed by atoms with Crippen LogP contribution in [0.2, 0.25) is 5.02 Å². The fourth-order valence-corrected chi connectivity index (χ4v) is 2.54. The molecule has 1 aromatic carbocycles. The van der Waals surface area contributed by atoms with Gasteiger partial charge in [-0.15, -0.1) is 11.3 Å². The quantitative estimate of drug-likeness (QED) is 0.730. The highest BCUT2D eigenvalue weighted by molar-refractivity contribution is 7.11. The zero-order chi connectivity index (χ0) is 11.7. The third kappa shape index (κ3) is 2.16. The molecule has 0 N–H and O–H groups in total. The summed E-state index contributed by atoms with van der Waals surface area (Å²) in [6.07, 6.45) is 2.08. The molecule has 4 heteroatoms. The highest BCUT2D eigenvalue weighted by Gasteiger charge is 2.16. The first kappa shape index (κ1) is 10.7. The number of hydrogen-bond donors (Lipinski definition) is 0. The summed E-state index contributed by atoms with van der Waals surface area (Å²) >= 11 is 7.54. The molecule has 84 valence electrons. The topological polar surface area (TPSA) is 24.7 Å². The maximum Gasteiger partial charge on any atom is 0.117 e. The van der Waals surface area contributed by atoms with E-state index in [1.807, 2.05) is 35.7 Å². The standard InChI is InChI=1S/C13H9ClN2S/c14-10-5-3-9(4-6-10)11-8-12(16-15-11)13-2-1-7-17-13/h1-8,11H. The van der Waals surface area contributed by atoms with Gasteiger partial charge < -0.3 is 0 Å². The van der Waals surface area contributed by atoms with Crippen LogP contribution in [0.4, 0.5) is 0 Å². The Morgan fingerprint density at radius 1 is 1.12 bits per heavy atom. The van der Waals surface area contributed by atoms with Crippen molar-refractivity contribution >= 4 is 28.6 Å². The van der Waals surface area contributed by atoms with Gasteiger partial charge in [-0.1, -0.05) is 29.8 Å². The molecule has 2 aromatic rings. The summed E-state index contributed by atoms with van der Waals surface area (Å²) in [5, 5.41) is 11.3. The lowest BCUT2D eigenvalue weighted by molar-refractivity contribution is 0.881. The highest BCUT2D eigenvalue weighted by Crippen LogP contribution is 2.34. The molecule has 1 unspecified atom stereocenters. The molecule has 0 fully saturated rings. The predicted molar refractivity (Wildman–Crippen MR) is 71.3 cm³/mol. The van der Waals surface area contributed by atoms with Crippen molar-refractivity contribution in [3.05, 3.63) is 63.3 Å². The maximum absolute atomic E-state index is 5.86. The lowest BCUT2D eigenvalue weighted by Gasteiger charge is -2.02. The van der Waals surface area contributed by atoms with Crippen LogP contribution in [0, 0.1) is 0 Å². The average Bonchev–Trinajstić information content (AvgIpc) is 3.00. The molecule has 2 nitrogen and oxygen atoms in total. The molecule has 0 bridgehead atoms. The number of rotatable bonds is 2. The van der Waals surface area contributed by atoms with Gasteiger partial charge in [0, 0.05) is 5.02 Å². The minimum Gasteiger partial charge on any atom is -0.176 e. The van der Waals surface area contributed by atoms with Crippen LogP contribution < -0.4 is 0 Å². The van der Waals surface area contributed by atoms with Crippen molar-refractivity contribution in [1.82, 2.24) is 0 Å². The third-order valence-corrected chi connectivity index (χ3v) is 3.74. The smallest absolute Gasteiger partial charge is 0.117 e. The van der Waals surface area contributed by atoms with Gasteiger partial charge in [-0.05, 0) is 35.2 Å². The van der Waals surface area contributed by atoms with Crippen LogP contribution in [-0.4, -0.2) is 0 Å². The van der Waals surface area contributed by atoms with Crippen LogP contribution in [0.25, 0.3) is 5.70 Å². The van der Waals surface area contributed by atoms with Gasteiger partial charge in [0.25, 0.3) is 0 Å². The molecule has 0 aliphatic carbocycles. The van der Waals surface area contributed by atoms with E-state index in [-0.39, 0.29) is 6.04 Å². The zero-order valence-electron chi connectivity index (χ0n) is 8.88. The number of benzene rings is 1. The molecule has 0 amide bonds. The van der Waals surface area contributed by atoms with Crippen molar-refractivity contribution in [3.63, 3.8) is 0 Å². The van der Waals surface area contributed by atoms with E-state index in [1.165, 1.54) is 0 Å². The first-order valence-electron chi connectivity index (χ1n) is 5.25. The lowest BCUT2D eigenvalue weighted by Crippen LogP contribution is -1.87. The predicted octanol–water partition coefficient (Wildman–Crippen LogP) is 4.95.